The summed E-state index contributed by atoms with van der Waals surface area (Å²) in [7, 11) is 0. The molecule has 0 bridgehead atoms. The molecule has 0 fully saturated rings. The lowest BCUT2D eigenvalue weighted by Crippen LogP contribution is -2.01. The van der Waals surface area contributed by atoms with Crippen LogP contribution in [0.1, 0.15) is 28.4 Å². The summed E-state index contributed by atoms with van der Waals surface area (Å²) in [6, 6.07) is 20.9. The van der Waals surface area contributed by atoms with Crippen LogP contribution in [0.2, 0.25) is 10.0 Å². The lowest BCUT2D eigenvalue weighted by Gasteiger charge is -2.15. The van der Waals surface area contributed by atoms with Gasteiger partial charge in [-0.2, -0.15) is 0 Å². The molecule has 4 rings (SSSR count). The molecule has 0 amide bonds. The lowest BCUT2D eigenvalue weighted by molar-refractivity contribution is 0.221. The van der Waals surface area contributed by atoms with Crippen molar-refractivity contribution >= 4 is 34.0 Å². The van der Waals surface area contributed by atoms with Gasteiger partial charge in [0.25, 0.3) is 0 Å². The first-order valence-corrected chi connectivity index (χ1v) is 9.88. The topological polar surface area (TPSA) is 53.4 Å². The number of hydrogen-bond donors (Lipinski definition) is 2. The van der Waals surface area contributed by atoms with Crippen molar-refractivity contribution in [2.45, 2.75) is 19.6 Å². The number of nitrogens with zero attached hydrogens (tertiary/aromatic N) is 1. The van der Waals surface area contributed by atoms with Gasteiger partial charge < -0.3 is 10.2 Å². The Labute approximate surface area is 180 Å². The van der Waals surface area contributed by atoms with E-state index in [2.05, 4.69) is 30.1 Å². The Balaban J connectivity index is 0.000000204. The molecule has 2 N–H and O–H groups in total. The van der Waals surface area contributed by atoms with Crippen molar-refractivity contribution in [1.82, 2.24) is 4.98 Å². The van der Waals surface area contributed by atoms with Gasteiger partial charge in [-0.1, -0.05) is 71.7 Å². The van der Waals surface area contributed by atoms with Crippen LogP contribution in [0, 0.1) is 6.92 Å². The lowest BCUT2D eigenvalue weighted by atomic mass is 9.94. The van der Waals surface area contributed by atoms with E-state index < -0.39 is 6.10 Å². The average Bonchev–Trinajstić information content (AvgIpc) is 2.75. The van der Waals surface area contributed by atoms with Crippen LogP contribution in [-0.2, 0) is 6.61 Å². The van der Waals surface area contributed by atoms with Gasteiger partial charge in [0.2, 0.25) is 0 Å². The largest absolute Gasteiger partial charge is 0.392 e. The maximum Gasteiger partial charge on any atom is 0.106 e. The van der Waals surface area contributed by atoms with Crippen LogP contribution in [0.5, 0.6) is 0 Å². The van der Waals surface area contributed by atoms with Crippen molar-refractivity contribution in [2.24, 2.45) is 0 Å². The Hall–Kier alpha value is -2.43. The maximum absolute atomic E-state index is 10.5. The smallest absolute Gasteiger partial charge is 0.106 e. The summed E-state index contributed by atoms with van der Waals surface area (Å²) >= 11 is 11.3. The molecule has 0 aliphatic rings. The number of pyridine rings is 1. The number of aryl methyl sites for hydroxylation is 1. The van der Waals surface area contributed by atoms with Gasteiger partial charge in [0.15, 0.2) is 0 Å². The fourth-order valence-corrected chi connectivity index (χ4v) is 3.55. The monoisotopic (exact) mass is 425 g/mol. The highest BCUT2D eigenvalue weighted by atomic mass is 35.5. The molecule has 5 heteroatoms. The number of aliphatic hydroxyl groups excluding tert-OH is 2. The minimum Gasteiger partial charge on any atom is -0.392 e. The minimum absolute atomic E-state index is 0.0456. The second kappa shape index (κ2) is 9.86. The molecule has 0 aliphatic heterocycles. The summed E-state index contributed by atoms with van der Waals surface area (Å²) in [6.07, 6.45) is 2.78. The first-order valence-electron chi connectivity index (χ1n) is 9.12. The van der Waals surface area contributed by atoms with E-state index in [1.54, 1.807) is 30.6 Å². The van der Waals surface area contributed by atoms with Crippen molar-refractivity contribution in [3.8, 4) is 0 Å². The predicted molar refractivity (Wildman–Crippen MR) is 119 cm³/mol. The predicted octanol–water partition coefficient (Wildman–Crippen LogP) is 6.11. The van der Waals surface area contributed by atoms with E-state index >= 15 is 0 Å². The van der Waals surface area contributed by atoms with Crippen LogP contribution in [0.3, 0.4) is 0 Å². The van der Waals surface area contributed by atoms with Gasteiger partial charge in [-0.25, -0.2) is 0 Å². The Morgan fingerprint density at radius 3 is 2.34 bits per heavy atom. The number of aromatic nitrogens is 1. The fourth-order valence-electron chi connectivity index (χ4n) is 3.08. The van der Waals surface area contributed by atoms with E-state index in [-0.39, 0.29) is 6.61 Å². The Morgan fingerprint density at radius 2 is 1.69 bits per heavy atom. The molecule has 0 aliphatic carbocycles. The van der Waals surface area contributed by atoms with Gasteiger partial charge in [-0.15, -0.1) is 0 Å². The highest BCUT2D eigenvalue weighted by Crippen LogP contribution is 2.30. The molecule has 0 saturated heterocycles. The molecular formula is C24H21Cl2NO2. The van der Waals surface area contributed by atoms with Crippen LogP contribution in [0.25, 0.3) is 10.8 Å². The van der Waals surface area contributed by atoms with Crippen molar-refractivity contribution in [2.75, 3.05) is 0 Å². The Morgan fingerprint density at radius 1 is 0.931 bits per heavy atom. The summed E-state index contributed by atoms with van der Waals surface area (Å²) in [5.41, 5.74) is 3.66. The maximum atomic E-state index is 10.5. The summed E-state index contributed by atoms with van der Waals surface area (Å²) in [5.74, 6) is 0. The zero-order valence-electron chi connectivity index (χ0n) is 15.9. The van der Waals surface area contributed by atoms with Crippen LogP contribution < -0.4 is 0 Å². The summed E-state index contributed by atoms with van der Waals surface area (Å²) in [4.78, 5) is 4.07. The zero-order chi connectivity index (χ0) is 20.8. The molecular weight excluding hydrogens is 405 g/mol. The van der Waals surface area contributed by atoms with Gasteiger partial charge in [-0.05, 0) is 52.6 Å². The Kier molecular flexibility index (Phi) is 7.24. The molecule has 148 valence electrons. The molecule has 4 aromatic rings. The van der Waals surface area contributed by atoms with Gasteiger partial charge in [-0.3, -0.25) is 4.98 Å². The van der Waals surface area contributed by atoms with E-state index in [0.29, 0.717) is 15.6 Å². The molecule has 3 aromatic carbocycles. The average molecular weight is 426 g/mol. The fraction of sp³-hybridized carbons (Fsp3) is 0.125. The van der Waals surface area contributed by atoms with E-state index in [4.69, 9.17) is 28.3 Å². The number of rotatable bonds is 3. The third kappa shape index (κ3) is 5.14. The first-order chi connectivity index (χ1) is 14.0. The van der Waals surface area contributed by atoms with Crippen molar-refractivity contribution < 1.29 is 10.2 Å². The zero-order valence-corrected chi connectivity index (χ0v) is 17.4. The minimum atomic E-state index is -0.640. The number of benzene rings is 3. The van der Waals surface area contributed by atoms with Gasteiger partial charge in [0.1, 0.15) is 6.10 Å². The molecule has 29 heavy (non-hydrogen) atoms. The van der Waals surface area contributed by atoms with Gasteiger partial charge in [0.05, 0.1) is 6.61 Å². The summed E-state index contributed by atoms with van der Waals surface area (Å²) < 4.78 is 0. The standard InChI is InChI=1S/C17H15NO.C7H6Cl2O/c1-12-8-9-16(15-7-3-2-6-14(12)15)17(19)13-5-4-10-18-11-13;8-6-2-1-5(4-10)7(9)3-6/h2-11,17,19H,1H3;1-3,10H,4H2. The quantitative estimate of drug-likeness (QED) is 0.416. The molecule has 1 atom stereocenters. The number of fused-ring (bicyclic) bond motifs is 1. The highest BCUT2D eigenvalue weighted by Gasteiger charge is 2.14. The number of halogens is 2. The normalized spacial score (nSPS) is 11.6. The SMILES string of the molecule is Cc1ccc(C(O)c2cccnc2)c2ccccc12.OCc1ccc(Cl)cc1Cl. The first kappa shape index (κ1) is 21.3. The van der Waals surface area contributed by atoms with E-state index in [1.165, 1.54) is 10.9 Å². The molecule has 0 radical (unpaired) electrons. The van der Waals surface area contributed by atoms with Crippen molar-refractivity contribution in [1.29, 1.82) is 0 Å². The Bertz CT molecular complexity index is 1100. The second-order valence-electron chi connectivity index (χ2n) is 6.60. The van der Waals surface area contributed by atoms with E-state index in [1.807, 2.05) is 30.3 Å². The van der Waals surface area contributed by atoms with E-state index in [0.717, 1.165) is 16.5 Å². The van der Waals surface area contributed by atoms with Crippen LogP contribution >= 0.6 is 23.2 Å². The van der Waals surface area contributed by atoms with Gasteiger partial charge >= 0.3 is 0 Å². The van der Waals surface area contributed by atoms with Crippen LogP contribution in [-0.4, -0.2) is 15.2 Å². The molecule has 1 unspecified atom stereocenters. The third-order valence-electron chi connectivity index (χ3n) is 4.66. The summed E-state index contributed by atoms with van der Waals surface area (Å²) in [5, 5.41) is 22.6. The molecule has 1 heterocycles. The van der Waals surface area contributed by atoms with Crippen molar-refractivity contribution in [3.05, 3.63) is 111 Å². The molecule has 0 saturated carbocycles. The highest BCUT2D eigenvalue weighted by molar-refractivity contribution is 6.35. The number of hydrogen-bond acceptors (Lipinski definition) is 3. The summed E-state index contributed by atoms with van der Waals surface area (Å²) in [6.45, 7) is 2.04. The van der Waals surface area contributed by atoms with E-state index in [9.17, 15) is 5.11 Å². The van der Waals surface area contributed by atoms with Crippen molar-refractivity contribution in [3.63, 3.8) is 0 Å². The number of aliphatic hydroxyl groups is 2. The second-order valence-corrected chi connectivity index (χ2v) is 7.44. The third-order valence-corrected chi connectivity index (χ3v) is 5.24. The van der Waals surface area contributed by atoms with Crippen LogP contribution in [0.15, 0.2) is 79.1 Å². The van der Waals surface area contributed by atoms with Crippen LogP contribution in [0.4, 0.5) is 0 Å². The molecule has 1 aromatic heterocycles. The molecule has 0 spiro atoms. The molecule has 3 nitrogen and oxygen atoms in total. The van der Waals surface area contributed by atoms with Gasteiger partial charge in [0, 0.05) is 28.0 Å².